The maximum atomic E-state index is 9.02. The molecule has 1 rings (SSSR count). The molecule has 1 N–H and O–H groups in total. The molecule has 0 saturated heterocycles. The predicted octanol–water partition coefficient (Wildman–Crippen LogP) is 1.90. The van der Waals surface area contributed by atoms with Crippen LogP contribution in [0.25, 0.3) is 0 Å². The van der Waals surface area contributed by atoms with Crippen molar-refractivity contribution in [2.75, 3.05) is 18.1 Å². The largest absolute Gasteiger partial charge is 0.395 e. The van der Waals surface area contributed by atoms with Crippen LogP contribution in [0.1, 0.15) is 26.6 Å². The lowest BCUT2D eigenvalue weighted by Crippen LogP contribution is -2.34. The van der Waals surface area contributed by atoms with Crippen LogP contribution in [0.3, 0.4) is 0 Å². The minimum Gasteiger partial charge on any atom is -0.395 e. The standard InChI is InChI=1S/C11H18ClN3O/c1-4-10-13-9(12)7-11(14-10)15(5-6-16)8(2)3/h7-8,16H,4-6H2,1-3H3. The number of aryl methyl sites for hydroxylation is 1. The average Bonchev–Trinajstić information content (AvgIpc) is 2.24. The Morgan fingerprint density at radius 1 is 1.44 bits per heavy atom. The Kier molecular flexibility index (Phi) is 4.96. The molecule has 1 aromatic rings. The van der Waals surface area contributed by atoms with E-state index in [4.69, 9.17) is 16.7 Å². The van der Waals surface area contributed by atoms with Crippen molar-refractivity contribution >= 4 is 17.4 Å². The Hall–Kier alpha value is -0.870. The van der Waals surface area contributed by atoms with E-state index < -0.39 is 0 Å². The van der Waals surface area contributed by atoms with Crippen molar-refractivity contribution in [2.24, 2.45) is 0 Å². The van der Waals surface area contributed by atoms with Gasteiger partial charge in [0.1, 0.15) is 16.8 Å². The molecular formula is C11H18ClN3O. The van der Waals surface area contributed by atoms with Crippen molar-refractivity contribution in [3.63, 3.8) is 0 Å². The van der Waals surface area contributed by atoms with Gasteiger partial charge in [-0.05, 0) is 13.8 Å². The Morgan fingerprint density at radius 3 is 2.62 bits per heavy atom. The molecule has 0 fully saturated rings. The van der Waals surface area contributed by atoms with Gasteiger partial charge in [-0.25, -0.2) is 9.97 Å². The van der Waals surface area contributed by atoms with Gasteiger partial charge in [0.25, 0.3) is 0 Å². The first-order valence-electron chi connectivity index (χ1n) is 5.49. The molecule has 0 atom stereocenters. The van der Waals surface area contributed by atoms with Gasteiger partial charge >= 0.3 is 0 Å². The van der Waals surface area contributed by atoms with Crippen LogP contribution in [0.5, 0.6) is 0 Å². The van der Waals surface area contributed by atoms with Gasteiger partial charge in [0.15, 0.2) is 0 Å². The molecule has 1 heterocycles. The van der Waals surface area contributed by atoms with Crippen LogP contribution in [0.4, 0.5) is 5.82 Å². The highest BCUT2D eigenvalue weighted by Gasteiger charge is 2.13. The first-order valence-corrected chi connectivity index (χ1v) is 5.87. The van der Waals surface area contributed by atoms with Crippen LogP contribution < -0.4 is 4.90 Å². The smallest absolute Gasteiger partial charge is 0.134 e. The minimum absolute atomic E-state index is 0.0985. The molecule has 0 saturated carbocycles. The van der Waals surface area contributed by atoms with Crippen LogP contribution in [0.2, 0.25) is 5.15 Å². The summed E-state index contributed by atoms with van der Waals surface area (Å²) in [5, 5.41) is 9.47. The SMILES string of the molecule is CCc1nc(Cl)cc(N(CCO)C(C)C)n1. The van der Waals surface area contributed by atoms with Crippen molar-refractivity contribution in [1.29, 1.82) is 0 Å². The summed E-state index contributed by atoms with van der Waals surface area (Å²) in [6, 6.07) is 2.00. The second kappa shape index (κ2) is 6.01. The summed E-state index contributed by atoms with van der Waals surface area (Å²) in [5.41, 5.74) is 0. The Balaban J connectivity index is 3.03. The lowest BCUT2D eigenvalue weighted by atomic mass is 10.3. The van der Waals surface area contributed by atoms with Gasteiger partial charge in [-0.15, -0.1) is 0 Å². The highest BCUT2D eigenvalue weighted by atomic mass is 35.5. The minimum atomic E-state index is 0.0985. The van der Waals surface area contributed by atoms with Crippen LogP contribution in [0, 0.1) is 0 Å². The van der Waals surface area contributed by atoms with Crippen molar-refractivity contribution in [2.45, 2.75) is 33.2 Å². The lowest BCUT2D eigenvalue weighted by Gasteiger charge is -2.27. The number of halogens is 1. The van der Waals surface area contributed by atoms with Gasteiger partial charge in [-0.3, -0.25) is 0 Å². The van der Waals surface area contributed by atoms with Crippen LogP contribution >= 0.6 is 11.6 Å². The highest BCUT2D eigenvalue weighted by Crippen LogP contribution is 2.18. The molecule has 0 bridgehead atoms. The number of hydrogen-bond acceptors (Lipinski definition) is 4. The third kappa shape index (κ3) is 3.32. The molecule has 90 valence electrons. The maximum Gasteiger partial charge on any atom is 0.134 e. The second-order valence-corrected chi connectivity index (χ2v) is 4.22. The monoisotopic (exact) mass is 243 g/mol. The van der Waals surface area contributed by atoms with E-state index in [9.17, 15) is 0 Å². The van der Waals surface area contributed by atoms with Crippen LogP contribution in [-0.4, -0.2) is 34.3 Å². The molecule has 5 heteroatoms. The number of anilines is 1. The molecule has 0 radical (unpaired) electrons. The summed E-state index contributed by atoms with van der Waals surface area (Å²) >= 11 is 5.94. The van der Waals surface area contributed by atoms with E-state index >= 15 is 0 Å². The Morgan fingerprint density at radius 2 is 2.12 bits per heavy atom. The van der Waals surface area contributed by atoms with Gasteiger partial charge in [0, 0.05) is 25.1 Å². The summed E-state index contributed by atoms with van der Waals surface area (Å²) in [6.07, 6.45) is 0.749. The van der Waals surface area contributed by atoms with E-state index in [1.54, 1.807) is 6.07 Å². The molecule has 0 aliphatic carbocycles. The normalized spacial score (nSPS) is 10.9. The summed E-state index contributed by atoms with van der Waals surface area (Å²) in [5.74, 6) is 1.51. The van der Waals surface area contributed by atoms with E-state index in [1.807, 2.05) is 11.8 Å². The molecule has 0 spiro atoms. The number of hydrogen-bond donors (Lipinski definition) is 1. The van der Waals surface area contributed by atoms with Crippen molar-refractivity contribution in [3.05, 3.63) is 17.0 Å². The second-order valence-electron chi connectivity index (χ2n) is 3.83. The van der Waals surface area contributed by atoms with E-state index in [0.717, 1.165) is 18.1 Å². The molecule has 0 amide bonds. The topological polar surface area (TPSA) is 49.2 Å². The van der Waals surface area contributed by atoms with Crippen molar-refractivity contribution in [3.8, 4) is 0 Å². The molecule has 16 heavy (non-hydrogen) atoms. The molecule has 0 aromatic carbocycles. The molecule has 4 nitrogen and oxygen atoms in total. The third-order valence-electron chi connectivity index (χ3n) is 2.30. The number of rotatable bonds is 5. The number of aromatic nitrogens is 2. The molecule has 0 unspecified atom stereocenters. The Bertz CT molecular complexity index is 344. The summed E-state index contributed by atoms with van der Waals surface area (Å²) in [7, 11) is 0. The van der Waals surface area contributed by atoms with E-state index in [1.165, 1.54) is 0 Å². The van der Waals surface area contributed by atoms with Crippen LogP contribution in [-0.2, 0) is 6.42 Å². The molecule has 0 aliphatic rings. The first kappa shape index (κ1) is 13.2. The van der Waals surface area contributed by atoms with E-state index in [2.05, 4.69) is 23.8 Å². The molecule has 1 aromatic heterocycles. The lowest BCUT2D eigenvalue weighted by molar-refractivity contribution is 0.298. The quantitative estimate of drug-likeness (QED) is 0.803. The van der Waals surface area contributed by atoms with Crippen molar-refractivity contribution < 1.29 is 5.11 Å². The Labute approximate surface area is 101 Å². The zero-order valence-electron chi connectivity index (χ0n) is 9.94. The zero-order chi connectivity index (χ0) is 12.1. The van der Waals surface area contributed by atoms with E-state index in [0.29, 0.717) is 11.7 Å². The first-order chi connectivity index (χ1) is 7.58. The third-order valence-corrected chi connectivity index (χ3v) is 2.50. The summed E-state index contributed by atoms with van der Waals surface area (Å²) < 4.78 is 0. The number of aliphatic hydroxyl groups excluding tert-OH is 1. The average molecular weight is 244 g/mol. The van der Waals surface area contributed by atoms with Crippen molar-refractivity contribution in [1.82, 2.24) is 9.97 Å². The van der Waals surface area contributed by atoms with Gasteiger partial charge < -0.3 is 10.0 Å². The number of aliphatic hydroxyl groups is 1. The molecule has 0 aliphatic heterocycles. The number of nitrogens with zero attached hydrogens (tertiary/aromatic N) is 3. The fraction of sp³-hybridized carbons (Fsp3) is 0.636. The fourth-order valence-electron chi connectivity index (χ4n) is 1.50. The predicted molar refractivity (Wildman–Crippen MR) is 66.0 cm³/mol. The van der Waals surface area contributed by atoms with Crippen LogP contribution in [0.15, 0.2) is 6.07 Å². The van der Waals surface area contributed by atoms with Gasteiger partial charge in [0.05, 0.1) is 6.61 Å². The van der Waals surface area contributed by atoms with Gasteiger partial charge in [0.2, 0.25) is 0 Å². The zero-order valence-corrected chi connectivity index (χ0v) is 10.7. The summed E-state index contributed by atoms with van der Waals surface area (Å²) in [6.45, 7) is 6.74. The highest BCUT2D eigenvalue weighted by molar-refractivity contribution is 6.29. The summed E-state index contributed by atoms with van der Waals surface area (Å²) in [4.78, 5) is 10.5. The van der Waals surface area contributed by atoms with Gasteiger partial charge in [-0.1, -0.05) is 18.5 Å². The van der Waals surface area contributed by atoms with Gasteiger partial charge in [-0.2, -0.15) is 0 Å². The fourth-order valence-corrected chi connectivity index (χ4v) is 1.70. The van der Waals surface area contributed by atoms with E-state index in [-0.39, 0.29) is 12.6 Å². The molecular weight excluding hydrogens is 226 g/mol. The maximum absolute atomic E-state index is 9.02.